The Hall–Kier alpha value is -3.52. The number of aromatic amines is 1. The van der Waals surface area contributed by atoms with Gasteiger partial charge in [-0.3, -0.25) is 19.5 Å². The summed E-state index contributed by atoms with van der Waals surface area (Å²) in [6.07, 6.45) is 5.29. The highest BCUT2D eigenvalue weighted by Gasteiger charge is 2.17. The zero-order valence-corrected chi connectivity index (χ0v) is 20.6. The Morgan fingerprint density at radius 3 is 2.63 bits per heavy atom. The second kappa shape index (κ2) is 11.8. The maximum absolute atomic E-state index is 12.5. The van der Waals surface area contributed by atoms with Crippen molar-refractivity contribution in [2.45, 2.75) is 33.1 Å². The van der Waals surface area contributed by atoms with E-state index in [4.69, 9.17) is 0 Å². The third kappa shape index (κ3) is 6.76. The van der Waals surface area contributed by atoms with Gasteiger partial charge in [0.05, 0.1) is 6.42 Å². The normalized spacial score (nSPS) is 14.2. The Labute approximate surface area is 206 Å². The van der Waals surface area contributed by atoms with Gasteiger partial charge in [-0.2, -0.15) is 0 Å². The molecular weight excluding hydrogens is 440 g/mol. The summed E-state index contributed by atoms with van der Waals surface area (Å²) in [7, 11) is 0. The van der Waals surface area contributed by atoms with Crippen molar-refractivity contribution >= 4 is 11.6 Å². The molecule has 1 aliphatic rings. The monoisotopic (exact) mass is 474 g/mol. The minimum Gasteiger partial charge on any atom is -0.369 e. The number of carbonyl (C=O) groups excluding carboxylic acids is 1. The first-order valence-electron chi connectivity index (χ1n) is 12.3. The lowest BCUT2D eigenvalue weighted by atomic mass is 10.1. The Balaban J connectivity index is 1.16. The summed E-state index contributed by atoms with van der Waals surface area (Å²) in [5.74, 6) is 0.311. The molecular formula is C27H34N6O2. The van der Waals surface area contributed by atoms with Crippen molar-refractivity contribution in [3.05, 3.63) is 76.0 Å². The summed E-state index contributed by atoms with van der Waals surface area (Å²) in [6, 6.07) is 12.3. The number of pyridine rings is 1. The van der Waals surface area contributed by atoms with E-state index in [1.165, 1.54) is 11.3 Å². The van der Waals surface area contributed by atoms with Crippen molar-refractivity contribution < 1.29 is 4.79 Å². The fraction of sp³-hybridized carbons (Fsp3) is 0.407. The first-order chi connectivity index (χ1) is 17.0. The summed E-state index contributed by atoms with van der Waals surface area (Å²) in [4.78, 5) is 41.2. The van der Waals surface area contributed by atoms with Crippen LogP contribution in [0.2, 0.25) is 0 Å². The van der Waals surface area contributed by atoms with Crippen molar-refractivity contribution in [3.8, 4) is 11.4 Å². The van der Waals surface area contributed by atoms with Gasteiger partial charge in [0, 0.05) is 67.6 Å². The topological polar surface area (TPSA) is 94.2 Å². The Morgan fingerprint density at radius 2 is 1.91 bits per heavy atom. The Bertz CT molecular complexity index is 1190. The number of nitrogens with zero attached hydrogens (tertiary/aromatic N) is 4. The molecule has 8 heteroatoms. The van der Waals surface area contributed by atoms with Crippen LogP contribution in [0.3, 0.4) is 0 Å². The molecule has 0 radical (unpaired) electrons. The van der Waals surface area contributed by atoms with Gasteiger partial charge in [0.25, 0.3) is 5.56 Å². The molecule has 0 spiro atoms. The maximum Gasteiger partial charge on any atom is 0.255 e. The molecule has 0 aliphatic carbocycles. The minimum absolute atomic E-state index is 0.0302. The number of unbranched alkanes of at least 4 members (excludes halogenated alkanes) is 1. The van der Waals surface area contributed by atoms with Crippen molar-refractivity contribution in [2.75, 3.05) is 44.2 Å². The molecule has 1 aromatic carbocycles. The lowest BCUT2D eigenvalue weighted by molar-refractivity contribution is -0.120. The van der Waals surface area contributed by atoms with Crippen LogP contribution in [0.1, 0.15) is 29.7 Å². The number of aromatic nitrogens is 3. The van der Waals surface area contributed by atoms with Crippen LogP contribution < -0.4 is 15.8 Å². The quantitative estimate of drug-likeness (QED) is 0.463. The van der Waals surface area contributed by atoms with Crippen LogP contribution in [-0.2, 0) is 11.2 Å². The average molecular weight is 475 g/mol. The molecule has 8 nitrogen and oxygen atoms in total. The van der Waals surface area contributed by atoms with E-state index < -0.39 is 0 Å². The highest BCUT2D eigenvalue weighted by molar-refractivity contribution is 5.78. The van der Waals surface area contributed by atoms with Crippen LogP contribution in [0.5, 0.6) is 0 Å². The fourth-order valence-electron chi connectivity index (χ4n) is 4.42. The summed E-state index contributed by atoms with van der Waals surface area (Å²) in [6.45, 7) is 9.75. The van der Waals surface area contributed by atoms with Crippen molar-refractivity contribution in [3.63, 3.8) is 0 Å². The zero-order valence-electron chi connectivity index (χ0n) is 20.6. The molecule has 1 saturated heterocycles. The molecule has 1 aliphatic heterocycles. The molecule has 2 N–H and O–H groups in total. The number of nitrogens with one attached hydrogen (secondary N) is 2. The molecule has 3 heterocycles. The smallest absolute Gasteiger partial charge is 0.255 e. The summed E-state index contributed by atoms with van der Waals surface area (Å²) in [5.41, 5.74) is 4.03. The largest absolute Gasteiger partial charge is 0.369 e. The van der Waals surface area contributed by atoms with E-state index in [-0.39, 0.29) is 17.9 Å². The van der Waals surface area contributed by atoms with Gasteiger partial charge in [-0.25, -0.2) is 4.98 Å². The van der Waals surface area contributed by atoms with E-state index in [0.717, 1.165) is 51.1 Å². The van der Waals surface area contributed by atoms with Crippen molar-refractivity contribution in [1.29, 1.82) is 0 Å². The van der Waals surface area contributed by atoms with Gasteiger partial charge in [0.15, 0.2) is 0 Å². The van der Waals surface area contributed by atoms with Crippen molar-refractivity contribution in [2.24, 2.45) is 0 Å². The van der Waals surface area contributed by atoms with Crippen LogP contribution in [0.15, 0.2) is 53.6 Å². The number of hydrogen-bond acceptors (Lipinski definition) is 6. The van der Waals surface area contributed by atoms with Crippen molar-refractivity contribution in [1.82, 2.24) is 25.2 Å². The predicted octanol–water partition coefficient (Wildman–Crippen LogP) is 2.71. The van der Waals surface area contributed by atoms with Gasteiger partial charge < -0.3 is 15.2 Å². The van der Waals surface area contributed by atoms with E-state index in [0.29, 0.717) is 23.6 Å². The second-order valence-corrected chi connectivity index (χ2v) is 9.12. The van der Waals surface area contributed by atoms with E-state index in [9.17, 15) is 9.59 Å². The van der Waals surface area contributed by atoms with E-state index in [2.05, 4.69) is 61.3 Å². The van der Waals surface area contributed by atoms with E-state index in [1.807, 2.05) is 6.07 Å². The van der Waals surface area contributed by atoms with Gasteiger partial charge in [0.1, 0.15) is 5.82 Å². The number of benzene rings is 1. The molecule has 2 aromatic heterocycles. The van der Waals surface area contributed by atoms with Gasteiger partial charge in [-0.05, 0) is 63.1 Å². The van der Waals surface area contributed by atoms with Gasteiger partial charge in [-0.1, -0.05) is 12.1 Å². The molecule has 4 rings (SSSR count). The molecule has 184 valence electrons. The standard InChI is InChI=1S/C27H34N6O2/c1-20-7-5-9-23(17-20)33-15-13-32(14-16-33)12-4-3-11-29-25(34)18-24-21(2)30-26(31-27(24)35)22-8-6-10-28-19-22/h5-10,17,19H,3-4,11-16,18H2,1-2H3,(H,29,34)(H,30,31,35). The van der Waals surface area contributed by atoms with Crippen LogP contribution in [0, 0.1) is 13.8 Å². The molecule has 0 saturated carbocycles. The van der Waals surface area contributed by atoms with E-state index in [1.54, 1.807) is 25.4 Å². The molecule has 0 unspecified atom stereocenters. The Kier molecular flexibility index (Phi) is 8.26. The van der Waals surface area contributed by atoms with Gasteiger partial charge >= 0.3 is 0 Å². The molecule has 1 amide bonds. The van der Waals surface area contributed by atoms with Crippen LogP contribution in [0.4, 0.5) is 5.69 Å². The molecule has 0 bridgehead atoms. The van der Waals surface area contributed by atoms with Crippen LogP contribution >= 0.6 is 0 Å². The first-order valence-corrected chi connectivity index (χ1v) is 12.3. The number of rotatable bonds is 9. The van der Waals surface area contributed by atoms with Gasteiger partial charge in [0.2, 0.25) is 5.91 Å². The van der Waals surface area contributed by atoms with E-state index >= 15 is 0 Å². The number of aryl methyl sites for hydroxylation is 2. The fourth-order valence-corrected chi connectivity index (χ4v) is 4.42. The lowest BCUT2D eigenvalue weighted by Gasteiger charge is -2.36. The van der Waals surface area contributed by atoms with Gasteiger partial charge in [-0.15, -0.1) is 0 Å². The second-order valence-electron chi connectivity index (χ2n) is 9.12. The van der Waals surface area contributed by atoms with Crippen LogP contribution in [0.25, 0.3) is 11.4 Å². The number of H-pyrrole nitrogens is 1. The predicted molar refractivity (Wildman–Crippen MR) is 139 cm³/mol. The molecule has 3 aromatic rings. The number of carbonyl (C=O) groups is 1. The third-order valence-corrected chi connectivity index (χ3v) is 6.46. The highest BCUT2D eigenvalue weighted by atomic mass is 16.2. The molecule has 1 fully saturated rings. The maximum atomic E-state index is 12.5. The zero-order chi connectivity index (χ0) is 24.6. The third-order valence-electron chi connectivity index (χ3n) is 6.46. The van der Waals surface area contributed by atoms with Crippen LogP contribution in [-0.4, -0.2) is 65.0 Å². The average Bonchev–Trinajstić information content (AvgIpc) is 2.87. The SMILES string of the molecule is Cc1cccc(N2CCN(CCCCNC(=O)Cc3c(C)nc(-c4cccnc4)[nH]c3=O)CC2)c1. The Morgan fingerprint density at radius 1 is 1.09 bits per heavy atom. The summed E-state index contributed by atoms with van der Waals surface area (Å²) >= 11 is 0. The number of anilines is 1. The highest BCUT2D eigenvalue weighted by Crippen LogP contribution is 2.18. The number of amides is 1. The summed E-state index contributed by atoms with van der Waals surface area (Å²) < 4.78 is 0. The minimum atomic E-state index is -0.281. The lowest BCUT2D eigenvalue weighted by Crippen LogP contribution is -2.46. The summed E-state index contributed by atoms with van der Waals surface area (Å²) in [5, 5.41) is 2.95. The molecule has 0 atom stereocenters. The number of hydrogen-bond donors (Lipinski definition) is 2. The molecule has 35 heavy (non-hydrogen) atoms. The first kappa shape index (κ1) is 24.6. The number of piperazine rings is 1.